The smallest absolute Gasteiger partial charge is 0.325 e. The van der Waals surface area contributed by atoms with Gasteiger partial charge in [0.05, 0.1) is 13.2 Å². The molecule has 0 rings (SSSR count). The van der Waals surface area contributed by atoms with E-state index in [1.807, 2.05) is 0 Å². The van der Waals surface area contributed by atoms with Gasteiger partial charge in [-0.15, -0.1) is 0 Å². The van der Waals surface area contributed by atoms with Crippen LogP contribution in [0.1, 0.15) is 19.8 Å². The van der Waals surface area contributed by atoms with Gasteiger partial charge >= 0.3 is 5.97 Å². The standard InChI is InChI=1S/C11H21NO5/c1-3-17-11(15)9-12(6-8-16-2)10(14)5-4-7-13/h13H,3-9H2,1-2H3. The summed E-state index contributed by atoms with van der Waals surface area (Å²) < 4.78 is 9.66. The van der Waals surface area contributed by atoms with Crippen LogP contribution in [-0.4, -0.2) is 61.9 Å². The average molecular weight is 247 g/mol. The van der Waals surface area contributed by atoms with Gasteiger partial charge in [0.2, 0.25) is 5.91 Å². The van der Waals surface area contributed by atoms with Crippen LogP contribution in [0.3, 0.4) is 0 Å². The van der Waals surface area contributed by atoms with Crippen LogP contribution in [0.5, 0.6) is 0 Å². The molecule has 0 aliphatic carbocycles. The summed E-state index contributed by atoms with van der Waals surface area (Å²) in [6.45, 7) is 2.61. The van der Waals surface area contributed by atoms with Crippen molar-refractivity contribution in [2.75, 3.05) is 40.0 Å². The molecule has 100 valence electrons. The van der Waals surface area contributed by atoms with Crippen LogP contribution in [-0.2, 0) is 19.1 Å². The number of rotatable bonds is 9. The molecule has 0 heterocycles. The summed E-state index contributed by atoms with van der Waals surface area (Å²) in [6, 6.07) is 0. The quantitative estimate of drug-likeness (QED) is 0.571. The maximum absolute atomic E-state index is 11.7. The molecule has 6 heteroatoms. The highest BCUT2D eigenvalue weighted by Gasteiger charge is 2.16. The summed E-state index contributed by atoms with van der Waals surface area (Å²) in [5.41, 5.74) is 0. The first-order chi connectivity index (χ1) is 8.15. The summed E-state index contributed by atoms with van der Waals surface area (Å²) in [5, 5.41) is 8.65. The monoisotopic (exact) mass is 247 g/mol. The molecule has 0 aromatic rings. The number of carbonyl (C=O) groups excluding carboxylic acids is 2. The zero-order chi connectivity index (χ0) is 13.1. The van der Waals surface area contributed by atoms with Gasteiger partial charge in [0.15, 0.2) is 0 Å². The molecule has 0 radical (unpaired) electrons. The fourth-order valence-electron chi connectivity index (χ4n) is 1.24. The number of aliphatic hydroxyl groups excluding tert-OH is 1. The Morgan fingerprint density at radius 2 is 2.06 bits per heavy atom. The number of methoxy groups -OCH3 is 1. The van der Waals surface area contributed by atoms with Crippen molar-refractivity contribution in [3.63, 3.8) is 0 Å². The lowest BCUT2D eigenvalue weighted by molar-refractivity contribution is -0.149. The largest absolute Gasteiger partial charge is 0.465 e. The third-order valence-electron chi connectivity index (χ3n) is 2.09. The number of carbonyl (C=O) groups is 2. The Morgan fingerprint density at radius 1 is 1.35 bits per heavy atom. The van der Waals surface area contributed by atoms with Crippen molar-refractivity contribution in [3.05, 3.63) is 0 Å². The van der Waals surface area contributed by atoms with Crippen LogP contribution in [0, 0.1) is 0 Å². The Kier molecular flexibility index (Phi) is 9.37. The van der Waals surface area contributed by atoms with Gasteiger partial charge in [-0.1, -0.05) is 0 Å². The lowest BCUT2D eigenvalue weighted by atomic mass is 10.3. The molecule has 17 heavy (non-hydrogen) atoms. The molecule has 1 N–H and O–H groups in total. The van der Waals surface area contributed by atoms with Gasteiger partial charge in [-0.2, -0.15) is 0 Å². The molecule has 0 unspecified atom stereocenters. The molecule has 0 aliphatic rings. The summed E-state index contributed by atoms with van der Waals surface area (Å²) in [7, 11) is 1.53. The lowest BCUT2D eigenvalue weighted by Crippen LogP contribution is -2.38. The molecule has 0 aliphatic heterocycles. The van der Waals surface area contributed by atoms with Crippen LogP contribution >= 0.6 is 0 Å². The second-order valence-corrected chi connectivity index (χ2v) is 3.44. The molecular weight excluding hydrogens is 226 g/mol. The fraction of sp³-hybridized carbons (Fsp3) is 0.818. The first-order valence-electron chi connectivity index (χ1n) is 5.68. The van der Waals surface area contributed by atoms with Crippen LogP contribution in [0.25, 0.3) is 0 Å². The van der Waals surface area contributed by atoms with Gasteiger partial charge in [-0.3, -0.25) is 9.59 Å². The second-order valence-electron chi connectivity index (χ2n) is 3.44. The topological polar surface area (TPSA) is 76.1 Å². The fourth-order valence-corrected chi connectivity index (χ4v) is 1.24. The molecule has 0 saturated carbocycles. The highest BCUT2D eigenvalue weighted by atomic mass is 16.5. The highest BCUT2D eigenvalue weighted by molar-refractivity contribution is 5.82. The molecule has 0 saturated heterocycles. The average Bonchev–Trinajstić information content (AvgIpc) is 2.31. The summed E-state index contributed by atoms with van der Waals surface area (Å²) in [6.07, 6.45) is 0.616. The Balaban J connectivity index is 4.20. The van der Waals surface area contributed by atoms with Crippen molar-refractivity contribution in [3.8, 4) is 0 Å². The molecule has 6 nitrogen and oxygen atoms in total. The second kappa shape index (κ2) is 10.0. The Bertz CT molecular complexity index is 232. The van der Waals surface area contributed by atoms with Crippen molar-refractivity contribution in [1.82, 2.24) is 4.90 Å². The number of ether oxygens (including phenoxy) is 2. The minimum Gasteiger partial charge on any atom is -0.465 e. The van der Waals surface area contributed by atoms with E-state index in [2.05, 4.69) is 0 Å². The van der Waals surface area contributed by atoms with Crippen LogP contribution in [0.4, 0.5) is 0 Å². The highest BCUT2D eigenvalue weighted by Crippen LogP contribution is 1.99. The molecule has 0 fully saturated rings. The normalized spacial score (nSPS) is 10.1. The maximum atomic E-state index is 11.7. The van der Waals surface area contributed by atoms with Crippen molar-refractivity contribution >= 4 is 11.9 Å². The maximum Gasteiger partial charge on any atom is 0.325 e. The number of hydrogen-bond donors (Lipinski definition) is 1. The van der Waals surface area contributed by atoms with Gasteiger partial charge in [-0.05, 0) is 13.3 Å². The van der Waals surface area contributed by atoms with Crippen LogP contribution < -0.4 is 0 Å². The Hall–Kier alpha value is -1.14. The number of nitrogens with zero attached hydrogens (tertiary/aromatic N) is 1. The van der Waals surface area contributed by atoms with Crippen molar-refractivity contribution in [1.29, 1.82) is 0 Å². The van der Waals surface area contributed by atoms with Crippen molar-refractivity contribution in [2.45, 2.75) is 19.8 Å². The molecule has 1 amide bonds. The minimum absolute atomic E-state index is 0.0384. The minimum atomic E-state index is -0.430. The Morgan fingerprint density at radius 3 is 2.59 bits per heavy atom. The molecule has 0 spiro atoms. The van der Waals surface area contributed by atoms with Gasteiger partial charge in [0.25, 0.3) is 0 Å². The van der Waals surface area contributed by atoms with Gasteiger partial charge in [-0.25, -0.2) is 0 Å². The number of amides is 1. The zero-order valence-corrected chi connectivity index (χ0v) is 10.5. The van der Waals surface area contributed by atoms with E-state index in [1.165, 1.54) is 12.0 Å². The number of aliphatic hydroxyl groups is 1. The third-order valence-corrected chi connectivity index (χ3v) is 2.09. The third kappa shape index (κ3) is 7.70. The van der Waals surface area contributed by atoms with Gasteiger partial charge in [0.1, 0.15) is 6.54 Å². The van der Waals surface area contributed by atoms with E-state index < -0.39 is 5.97 Å². The number of esters is 1. The van der Waals surface area contributed by atoms with Crippen molar-refractivity contribution < 1.29 is 24.2 Å². The summed E-state index contributed by atoms with van der Waals surface area (Å²) >= 11 is 0. The first kappa shape index (κ1) is 15.9. The molecular formula is C11H21NO5. The summed E-state index contributed by atoms with van der Waals surface area (Å²) in [4.78, 5) is 24.4. The van der Waals surface area contributed by atoms with E-state index in [1.54, 1.807) is 6.92 Å². The Labute approximate surface area is 101 Å². The van der Waals surface area contributed by atoms with Crippen LogP contribution in [0.2, 0.25) is 0 Å². The first-order valence-corrected chi connectivity index (χ1v) is 5.68. The van der Waals surface area contributed by atoms with E-state index >= 15 is 0 Å². The van der Waals surface area contributed by atoms with Gasteiger partial charge in [0, 0.05) is 26.7 Å². The predicted octanol–water partition coefficient (Wildman–Crippen LogP) is -0.203. The lowest BCUT2D eigenvalue weighted by Gasteiger charge is -2.21. The van der Waals surface area contributed by atoms with E-state index in [0.717, 1.165) is 0 Å². The molecule has 0 atom stereocenters. The van der Waals surface area contributed by atoms with E-state index in [0.29, 0.717) is 26.2 Å². The van der Waals surface area contributed by atoms with E-state index in [4.69, 9.17) is 14.6 Å². The van der Waals surface area contributed by atoms with E-state index in [9.17, 15) is 9.59 Å². The zero-order valence-electron chi connectivity index (χ0n) is 10.5. The summed E-state index contributed by atoms with van der Waals surface area (Å²) in [5.74, 6) is -0.606. The van der Waals surface area contributed by atoms with E-state index in [-0.39, 0.29) is 25.5 Å². The van der Waals surface area contributed by atoms with Crippen molar-refractivity contribution in [2.24, 2.45) is 0 Å². The number of hydrogen-bond acceptors (Lipinski definition) is 5. The molecule has 0 aromatic heterocycles. The SMILES string of the molecule is CCOC(=O)CN(CCOC)C(=O)CCCO. The van der Waals surface area contributed by atoms with Gasteiger partial charge < -0.3 is 19.5 Å². The molecule has 0 bridgehead atoms. The predicted molar refractivity (Wildman–Crippen MR) is 61.4 cm³/mol. The van der Waals surface area contributed by atoms with Crippen LogP contribution in [0.15, 0.2) is 0 Å². The molecule has 0 aromatic carbocycles.